The summed E-state index contributed by atoms with van der Waals surface area (Å²) in [5, 5.41) is 2.84. The number of benzene rings is 1. The average molecular weight is 459 g/mol. The summed E-state index contributed by atoms with van der Waals surface area (Å²) in [5.41, 5.74) is 7.89. The fraction of sp³-hybridized carbons (Fsp3) is 0.409. The molecule has 1 spiro atoms. The fourth-order valence-electron chi connectivity index (χ4n) is 3.97. The van der Waals surface area contributed by atoms with Crippen molar-refractivity contribution in [1.82, 2.24) is 4.98 Å². The summed E-state index contributed by atoms with van der Waals surface area (Å²) in [6.45, 7) is 5.30. The number of aliphatic imine (C=N–C) groups is 1. The monoisotopic (exact) mass is 458 g/mol. The number of aromatic nitrogens is 1. The molecule has 1 amide bonds. The van der Waals surface area contributed by atoms with Gasteiger partial charge < -0.3 is 20.5 Å². The van der Waals surface area contributed by atoms with E-state index in [1.807, 2.05) is 0 Å². The van der Waals surface area contributed by atoms with Crippen molar-refractivity contribution < 1.29 is 22.7 Å². The molecule has 0 bridgehead atoms. The molecule has 1 atom stereocenters. The van der Waals surface area contributed by atoms with E-state index in [4.69, 9.17) is 15.2 Å². The van der Waals surface area contributed by atoms with Gasteiger partial charge in [0, 0.05) is 5.69 Å². The first-order valence-electron chi connectivity index (χ1n) is 10.1. The molecular weight excluding hydrogens is 432 g/mol. The van der Waals surface area contributed by atoms with Crippen molar-refractivity contribution in [3.05, 3.63) is 52.8 Å². The highest BCUT2D eigenvalue weighted by Gasteiger charge is 2.52. The lowest BCUT2D eigenvalue weighted by Crippen LogP contribution is -2.57. The van der Waals surface area contributed by atoms with Crippen molar-refractivity contribution in [2.75, 3.05) is 24.8 Å². The van der Waals surface area contributed by atoms with Crippen molar-refractivity contribution >= 4 is 27.3 Å². The van der Waals surface area contributed by atoms with Crippen LogP contribution < -0.4 is 15.8 Å². The van der Waals surface area contributed by atoms with Crippen molar-refractivity contribution in [2.45, 2.75) is 37.7 Å². The number of ether oxygens (including phenoxy) is 2. The number of aryl methyl sites for hydroxylation is 1. The summed E-state index contributed by atoms with van der Waals surface area (Å²) in [5.74, 6) is 0.00280. The summed E-state index contributed by atoms with van der Waals surface area (Å²) in [6.07, 6.45) is 1.48. The molecule has 170 valence electrons. The predicted octanol–water partition coefficient (Wildman–Crippen LogP) is 1.94. The van der Waals surface area contributed by atoms with Crippen LogP contribution in [0.5, 0.6) is 5.75 Å². The molecule has 1 aromatic carbocycles. The van der Waals surface area contributed by atoms with Crippen LogP contribution in [0.3, 0.4) is 0 Å². The van der Waals surface area contributed by atoms with E-state index in [-0.39, 0.29) is 29.8 Å². The molecule has 0 unspecified atom stereocenters. The van der Waals surface area contributed by atoms with Crippen LogP contribution in [0.2, 0.25) is 0 Å². The lowest BCUT2D eigenvalue weighted by molar-refractivity contribution is 0.0610. The number of anilines is 1. The third kappa shape index (κ3) is 3.53. The van der Waals surface area contributed by atoms with E-state index >= 15 is 0 Å². The molecule has 1 aromatic heterocycles. The van der Waals surface area contributed by atoms with Crippen molar-refractivity contribution in [2.24, 2.45) is 10.7 Å². The van der Waals surface area contributed by atoms with Gasteiger partial charge in [0.2, 0.25) is 0 Å². The van der Waals surface area contributed by atoms with Gasteiger partial charge in [-0.2, -0.15) is 0 Å². The first kappa shape index (κ1) is 22.2. The standard InChI is InChI=1S/C22H26N4O5S/c1-13-7-16(30-4)9-24-18(13)19(27)25-15-6-5-14-10-31-11-22(17(14)8-15)12-32(28,29)21(2,3)20(23)26-22/h5-9H,10-12H2,1-4H3,(H2,23,26)(H,25,27)/t22-/m0/s1. The highest BCUT2D eigenvalue weighted by molar-refractivity contribution is 7.93. The third-order valence-corrected chi connectivity index (χ3v) is 8.75. The first-order chi connectivity index (χ1) is 15.0. The van der Waals surface area contributed by atoms with E-state index in [9.17, 15) is 13.2 Å². The van der Waals surface area contributed by atoms with Gasteiger partial charge in [-0.25, -0.2) is 13.4 Å². The number of amidine groups is 1. The Morgan fingerprint density at radius 1 is 1.28 bits per heavy atom. The second-order valence-corrected chi connectivity index (χ2v) is 11.2. The van der Waals surface area contributed by atoms with Crippen molar-refractivity contribution in [3.63, 3.8) is 0 Å². The molecule has 4 rings (SSSR count). The summed E-state index contributed by atoms with van der Waals surface area (Å²) < 4.78 is 35.6. The predicted molar refractivity (Wildman–Crippen MR) is 121 cm³/mol. The van der Waals surface area contributed by atoms with Crippen LogP contribution in [0.4, 0.5) is 5.69 Å². The Bertz CT molecular complexity index is 1240. The SMILES string of the molecule is COc1cnc(C(=O)Nc2ccc3c(c2)[C@]2(COC3)CS(=O)(=O)C(C)(C)C(N)=N2)c(C)c1. The van der Waals surface area contributed by atoms with Gasteiger partial charge in [0.05, 0.1) is 32.3 Å². The molecule has 3 N–H and O–H groups in total. The summed E-state index contributed by atoms with van der Waals surface area (Å²) in [6, 6.07) is 7.02. The van der Waals surface area contributed by atoms with Gasteiger partial charge in [0.25, 0.3) is 5.91 Å². The third-order valence-electron chi connectivity index (χ3n) is 6.13. The Labute approximate surface area is 187 Å². The highest BCUT2D eigenvalue weighted by atomic mass is 32.2. The number of pyridine rings is 1. The normalized spacial score (nSPS) is 23.2. The van der Waals surface area contributed by atoms with E-state index in [1.165, 1.54) is 13.3 Å². The minimum atomic E-state index is -3.60. The quantitative estimate of drug-likeness (QED) is 0.718. The van der Waals surface area contributed by atoms with E-state index in [0.29, 0.717) is 29.2 Å². The molecule has 3 heterocycles. The maximum absolute atomic E-state index is 13.0. The van der Waals surface area contributed by atoms with Crippen LogP contribution >= 0.6 is 0 Å². The number of nitrogens with two attached hydrogens (primary N) is 1. The topological polar surface area (TPSA) is 133 Å². The second-order valence-electron chi connectivity index (χ2n) is 8.66. The molecule has 0 fully saturated rings. The number of hydrogen-bond acceptors (Lipinski definition) is 8. The van der Waals surface area contributed by atoms with Gasteiger partial charge in [-0.1, -0.05) is 6.07 Å². The second kappa shape index (κ2) is 7.56. The fourth-order valence-corrected chi connectivity index (χ4v) is 5.63. The Hall–Kier alpha value is -2.98. The van der Waals surface area contributed by atoms with Gasteiger partial charge in [-0.3, -0.25) is 9.79 Å². The summed E-state index contributed by atoms with van der Waals surface area (Å²) in [7, 11) is -2.06. The van der Waals surface area contributed by atoms with Crippen molar-refractivity contribution in [1.29, 1.82) is 0 Å². The number of carbonyl (C=O) groups is 1. The van der Waals surface area contributed by atoms with Gasteiger partial charge in [-0.05, 0) is 55.7 Å². The number of carbonyl (C=O) groups excluding carboxylic acids is 1. The zero-order chi connectivity index (χ0) is 23.3. The molecule has 9 nitrogen and oxygen atoms in total. The average Bonchev–Trinajstić information content (AvgIpc) is 2.72. The Morgan fingerprint density at radius 2 is 2.03 bits per heavy atom. The lowest BCUT2D eigenvalue weighted by Gasteiger charge is -2.42. The first-order valence-corrected chi connectivity index (χ1v) is 11.8. The maximum Gasteiger partial charge on any atom is 0.274 e. The number of rotatable bonds is 3. The van der Waals surface area contributed by atoms with Gasteiger partial charge in [-0.15, -0.1) is 0 Å². The Kier molecular flexibility index (Phi) is 5.25. The van der Waals surface area contributed by atoms with E-state index in [0.717, 1.165) is 5.56 Å². The molecule has 0 saturated carbocycles. The molecule has 0 saturated heterocycles. The van der Waals surface area contributed by atoms with Crippen LogP contribution in [-0.4, -0.2) is 49.4 Å². The zero-order valence-corrected chi connectivity index (χ0v) is 19.2. The highest BCUT2D eigenvalue weighted by Crippen LogP contribution is 2.42. The number of sulfone groups is 1. The van der Waals surface area contributed by atoms with Gasteiger partial charge in [0.15, 0.2) is 9.84 Å². The van der Waals surface area contributed by atoms with Crippen LogP contribution in [0, 0.1) is 6.92 Å². The van der Waals surface area contributed by atoms with Crippen LogP contribution in [0.1, 0.15) is 41.0 Å². The van der Waals surface area contributed by atoms with Gasteiger partial charge >= 0.3 is 0 Å². The molecule has 2 aliphatic rings. The number of methoxy groups -OCH3 is 1. The number of fused-ring (bicyclic) bond motifs is 2. The summed E-state index contributed by atoms with van der Waals surface area (Å²) in [4.78, 5) is 21.6. The van der Waals surface area contributed by atoms with Gasteiger partial charge in [0.1, 0.15) is 27.6 Å². The largest absolute Gasteiger partial charge is 0.495 e. The number of amides is 1. The lowest BCUT2D eigenvalue weighted by atomic mass is 9.86. The number of nitrogens with zero attached hydrogens (tertiary/aromatic N) is 2. The molecule has 10 heteroatoms. The van der Waals surface area contributed by atoms with Crippen LogP contribution in [0.25, 0.3) is 0 Å². The smallest absolute Gasteiger partial charge is 0.274 e. The molecule has 32 heavy (non-hydrogen) atoms. The number of nitrogens with one attached hydrogen (secondary N) is 1. The Morgan fingerprint density at radius 3 is 2.69 bits per heavy atom. The molecule has 2 aromatic rings. The maximum atomic E-state index is 13.0. The number of hydrogen-bond donors (Lipinski definition) is 2. The summed E-state index contributed by atoms with van der Waals surface area (Å²) >= 11 is 0. The molecule has 0 radical (unpaired) electrons. The molecular formula is C22H26N4O5S. The minimum Gasteiger partial charge on any atom is -0.495 e. The van der Waals surface area contributed by atoms with E-state index in [1.54, 1.807) is 45.0 Å². The molecule has 2 aliphatic heterocycles. The van der Waals surface area contributed by atoms with E-state index < -0.39 is 20.1 Å². The van der Waals surface area contributed by atoms with Crippen molar-refractivity contribution in [3.8, 4) is 5.75 Å². The van der Waals surface area contributed by atoms with Crippen LogP contribution in [-0.2, 0) is 26.7 Å². The minimum absolute atomic E-state index is 0.0488. The Balaban J connectivity index is 1.72. The molecule has 0 aliphatic carbocycles. The van der Waals surface area contributed by atoms with Crippen LogP contribution in [0.15, 0.2) is 35.5 Å². The van der Waals surface area contributed by atoms with E-state index in [2.05, 4.69) is 15.3 Å². The zero-order valence-electron chi connectivity index (χ0n) is 18.4.